The molecular formula is C15H21F2NO2. The summed E-state index contributed by atoms with van der Waals surface area (Å²) in [6.45, 7) is 2.30. The minimum atomic E-state index is -2.78. The maximum Gasteiger partial charge on any atom is 0.387 e. The van der Waals surface area contributed by atoms with Crippen molar-refractivity contribution in [3.8, 4) is 5.75 Å². The van der Waals surface area contributed by atoms with E-state index < -0.39 is 6.61 Å². The maximum atomic E-state index is 12.0. The highest BCUT2D eigenvalue weighted by molar-refractivity contribution is 5.27. The van der Waals surface area contributed by atoms with Crippen molar-refractivity contribution in [1.29, 1.82) is 0 Å². The zero-order chi connectivity index (χ0) is 14.8. The predicted molar refractivity (Wildman–Crippen MR) is 72.9 cm³/mol. The second-order valence-electron chi connectivity index (χ2n) is 5.74. The van der Waals surface area contributed by atoms with Crippen molar-refractivity contribution in [2.45, 2.75) is 45.6 Å². The lowest BCUT2D eigenvalue weighted by atomic mass is 9.64. The molecule has 2 rings (SSSR count). The smallest absolute Gasteiger partial charge is 0.387 e. The van der Waals surface area contributed by atoms with E-state index in [9.17, 15) is 8.78 Å². The highest BCUT2D eigenvalue weighted by Gasteiger charge is 2.48. The van der Waals surface area contributed by atoms with Gasteiger partial charge in [-0.25, -0.2) is 0 Å². The van der Waals surface area contributed by atoms with Crippen LogP contribution in [0.5, 0.6) is 5.75 Å². The van der Waals surface area contributed by atoms with Crippen LogP contribution >= 0.6 is 0 Å². The van der Waals surface area contributed by atoms with Crippen LogP contribution in [-0.4, -0.2) is 25.9 Å². The third kappa shape index (κ3) is 3.27. The first-order chi connectivity index (χ1) is 9.43. The van der Waals surface area contributed by atoms with Gasteiger partial charge in [-0.3, -0.25) is 0 Å². The molecule has 0 saturated heterocycles. The van der Waals surface area contributed by atoms with Gasteiger partial charge in [0, 0.05) is 25.1 Å². The van der Waals surface area contributed by atoms with Crippen molar-refractivity contribution in [2.75, 3.05) is 7.11 Å². The molecule has 2 atom stereocenters. The Morgan fingerprint density at radius 3 is 2.45 bits per heavy atom. The number of ether oxygens (including phenoxy) is 2. The van der Waals surface area contributed by atoms with Gasteiger partial charge in [-0.15, -0.1) is 0 Å². The van der Waals surface area contributed by atoms with Gasteiger partial charge in [0.1, 0.15) is 5.75 Å². The molecule has 0 radical (unpaired) electrons. The van der Waals surface area contributed by atoms with E-state index in [0.29, 0.717) is 18.7 Å². The van der Waals surface area contributed by atoms with Crippen LogP contribution in [0, 0.1) is 5.41 Å². The second kappa shape index (κ2) is 6.06. The van der Waals surface area contributed by atoms with Crippen molar-refractivity contribution < 1.29 is 18.3 Å². The topological polar surface area (TPSA) is 30.5 Å². The van der Waals surface area contributed by atoms with Gasteiger partial charge in [0.2, 0.25) is 0 Å². The zero-order valence-corrected chi connectivity index (χ0v) is 12.0. The van der Waals surface area contributed by atoms with Gasteiger partial charge in [0.25, 0.3) is 0 Å². The summed E-state index contributed by atoms with van der Waals surface area (Å²) < 4.78 is 33.8. The summed E-state index contributed by atoms with van der Waals surface area (Å²) in [5, 5.41) is 3.48. The highest BCUT2D eigenvalue weighted by atomic mass is 19.3. The van der Waals surface area contributed by atoms with Crippen molar-refractivity contribution in [1.82, 2.24) is 5.32 Å². The van der Waals surface area contributed by atoms with Gasteiger partial charge in [-0.1, -0.05) is 26.0 Å². The number of hydrogen-bond donors (Lipinski definition) is 1. The average Bonchev–Trinajstić information content (AvgIpc) is 2.39. The van der Waals surface area contributed by atoms with E-state index in [0.717, 1.165) is 12.0 Å². The maximum absolute atomic E-state index is 12.0. The van der Waals surface area contributed by atoms with Crippen LogP contribution in [0.25, 0.3) is 0 Å². The molecule has 5 heteroatoms. The van der Waals surface area contributed by atoms with Gasteiger partial charge < -0.3 is 14.8 Å². The Hall–Kier alpha value is -1.20. The fourth-order valence-corrected chi connectivity index (χ4v) is 2.66. The van der Waals surface area contributed by atoms with Crippen molar-refractivity contribution in [2.24, 2.45) is 5.41 Å². The quantitative estimate of drug-likeness (QED) is 0.870. The molecule has 3 nitrogen and oxygen atoms in total. The van der Waals surface area contributed by atoms with E-state index >= 15 is 0 Å². The number of nitrogens with one attached hydrogen (secondary N) is 1. The highest BCUT2D eigenvalue weighted by Crippen LogP contribution is 2.42. The molecule has 1 fully saturated rings. The van der Waals surface area contributed by atoms with Crippen LogP contribution < -0.4 is 10.1 Å². The molecule has 0 aromatic heterocycles. The molecule has 112 valence electrons. The summed E-state index contributed by atoms with van der Waals surface area (Å²) >= 11 is 0. The van der Waals surface area contributed by atoms with Crippen LogP contribution in [0.1, 0.15) is 25.8 Å². The van der Waals surface area contributed by atoms with Crippen LogP contribution in [0.15, 0.2) is 24.3 Å². The van der Waals surface area contributed by atoms with E-state index in [1.807, 2.05) is 0 Å². The predicted octanol–water partition coefficient (Wildman–Crippen LogP) is 3.19. The van der Waals surface area contributed by atoms with Gasteiger partial charge >= 0.3 is 6.61 Å². The third-order valence-electron chi connectivity index (χ3n) is 4.16. The fourth-order valence-electron chi connectivity index (χ4n) is 2.66. The number of hydrogen-bond acceptors (Lipinski definition) is 3. The number of benzene rings is 1. The molecule has 20 heavy (non-hydrogen) atoms. The standard InChI is InChI=1S/C15H21F2NO2/c1-15(2)12(8-13(15)19-3)18-9-10-4-6-11(7-5-10)20-14(16)17/h4-7,12-14,18H,8-9H2,1-3H3. The summed E-state index contributed by atoms with van der Waals surface area (Å²) in [7, 11) is 1.74. The first kappa shape index (κ1) is 15.2. The summed E-state index contributed by atoms with van der Waals surface area (Å²) in [5.41, 5.74) is 1.16. The molecule has 1 saturated carbocycles. The minimum Gasteiger partial charge on any atom is -0.435 e. The fraction of sp³-hybridized carbons (Fsp3) is 0.600. The number of rotatable bonds is 6. The molecule has 0 aliphatic heterocycles. The van der Waals surface area contributed by atoms with Gasteiger partial charge in [-0.05, 0) is 24.1 Å². The van der Waals surface area contributed by atoms with Crippen LogP contribution in [0.4, 0.5) is 8.78 Å². The zero-order valence-electron chi connectivity index (χ0n) is 12.0. The van der Waals surface area contributed by atoms with E-state index in [4.69, 9.17) is 4.74 Å². The monoisotopic (exact) mass is 285 g/mol. The Kier molecular flexibility index (Phi) is 4.60. The summed E-state index contributed by atoms with van der Waals surface area (Å²) in [5.74, 6) is 0.187. The van der Waals surface area contributed by atoms with Crippen LogP contribution in [0.2, 0.25) is 0 Å². The van der Waals surface area contributed by atoms with Crippen LogP contribution in [-0.2, 0) is 11.3 Å². The van der Waals surface area contributed by atoms with Gasteiger partial charge in [-0.2, -0.15) is 8.78 Å². The molecule has 1 aromatic carbocycles. The summed E-state index contributed by atoms with van der Waals surface area (Å²) in [4.78, 5) is 0. The van der Waals surface area contributed by atoms with Crippen molar-refractivity contribution in [3.05, 3.63) is 29.8 Å². The molecule has 1 aliphatic carbocycles. The molecule has 0 spiro atoms. The first-order valence-electron chi connectivity index (χ1n) is 6.73. The number of alkyl halides is 2. The Bertz CT molecular complexity index is 434. The minimum absolute atomic E-state index is 0.119. The largest absolute Gasteiger partial charge is 0.435 e. The number of halogens is 2. The lowest BCUT2D eigenvalue weighted by Gasteiger charge is -2.51. The van der Waals surface area contributed by atoms with E-state index in [-0.39, 0.29) is 11.2 Å². The molecule has 1 N–H and O–H groups in total. The average molecular weight is 285 g/mol. The summed E-state index contributed by atoms with van der Waals surface area (Å²) in [6, 6.07) is 7.12. The van der Waals surface area contributed by atoms with Crippen molar-refractivity contribution in [3.63, 3.8) is 0 Å². The van der Waals surface area contributed by atoms with E-state index in [1.165, 1.54) is 0 Å². The van der Waals surface area contributed by atoms with Crippen molar-refractivity contribution >= 4 is 0 Å². The first-order valence-corrected chi connectivity index (χ1v) is 6.73. The molecule has 1 aliphatic rings. The number of methoxy groups -OCH3 is 1. The van der Waals surface area contributed by atoms with Gasteiger partial charge in [0.15, 0.2) is 0 Å². The molecule has 0 amide bonds. The normalized spacial score (nSPS) is 24.5. The second-order valence-corrected chi connectivity index (χ2v) is 5.74. The lowest BCUT2D eigenvalue weighted by molar-refractivity contribution is -0.0979. The van der Waals surface area contributed by atoms with Gasteiger partial charge in [0.05, 0.1) is 6.10 Å². The molecule has 1 aromatic rings. The Morgan fingerprint density at radius 2 is 1.95 bits per heavy atom. The molecule has 2 unspecified atom stereocenters. The third-order valence-corrected chi connectivity index (χ3v) is 4.16. The molecular weight excluding hydrogens is 264 g/mol. The summed E-state index contributed by atoms with van der Waals surface area (Å²) in [6.07, 6.45) is 1.29. The SMILES string of the molecule is COC1CC(NCc2ccc(OC(F)F)cc2)C1(C)C. The van der Waals surface area contributed by atoms with E-state index in [2.05, 4.69) is 23.9 Å². The van der Waals surface area contributed by atoms with E-state index in [1.54, 1.807) is 31.4 Å². The molecule has 0 heterocycles. The Labute approximate surface area is 118 Å². The van der Waals surface area contributed by atoms with Crippen LogP contribution in [0.3, 0.4) is 0 Å². The molecule has 0 bridgehead atoms. The lowest BCUT2D eigenvalue weighted by Crippen LogP contribution is -2.60. The Balaban J connectivity index is 1.83. The Morgan fingerprint density at radius 1 is 1.30 bits per heavy atom.